The summed E-state index contributed by atoms with van der Waals surface area (Å²) in [5.74, 6) is 1.64. The molecule has 3 atom stereocenters. The maximum atomic E-state index is 4.08. The van der Waals surface area contributed by atoms with Crippen molar-refractivity contribution in [3.8, 4) is 0 Å². The number of nitrogens with one attached hydrogen (secondary N) is 1. The number of pyridine rings is 1. The fraction of sp³-hybridized carbons (Fsp3) is 0.615. The summed E-state index contributed by atoms with van der Waals surface area (Å²) < 4.78 is 1.06. The lowest BCUT2D eigenvalue weighted by Gasteiger charge is -2.34. The fourth-order valence-electron chi connectivity index (χ4n) is 2.57. The summed E-state index contributed by atoms with van der Waals surface area (Å²) in [6.07, 6.45) is 7.63. The molecule has 2 nitrogen and oxygen atoms in total. The van der Waals surface area contributed by atoms with Crippen molar-refractivity contribution in [3.05, 3.63) is 22.9 Å². The van der Waals surface area contributed by atoms with E-state index in [1.54, 1.807) is 0 Å². The summed E-state index contributed by atoms with van der Waals surface area (Å²) in [7, 11) is 0. The van der Waals surface area contributed by atoms with Gasteiger partial charge in [-0.05, 0) is 53.1 Å². The van der Waals surface area contributed by atoms with Gasteiger partial charge in [0.15, 0.2) is 0 Å². The molecule has 1 saturated carbocycles. The summed E-state index contributed by atoms with van der Waals surface area (Å²) >= 11 is 3.53. The smallest absolute Gasteiger partial charge is 0.0590 e. The largest absolute Gasteiger partial charge is 0.381 e. The molecule has 0 amide bonds. The van der Waals surface area contributed by atoms with Crippen LogP contribution in [0.25, 0.3) is 0 Å². The van der Waals surface area contributed by atoms with E-state index >= 15 is 0 Å². The van der Waals surface area contributed by atoms with Crippen molar-refractivity contribution in [3.63, 3.8) is 0 Å². The molecule has 3 heteroatoms. The van der Waals surface area contributed by atoms with E-state index in [2.05, 4.69) is 40.1 Å². The van der Waals surface area contributed by atoms with E-state index in [4.69, 9.17) is 0 Å². The third-order valence-corrected chi connectivity index (χ3v) is 4.18. The first kappa shape index (κ1) is 11.9. The van der Waals surface area contributed by atoms with Crippen molar-refractivity contribution < 1.29 is 0 Å². The Morgan fingerprint density at radius 3 is 2.88 bits per heavy atom. The second kappa shape index (κ2) is 5.17. The van der Waals surface area contributed by atoms with Gasteiger partial charge in [0.2, 0.25) is 0 Å². The molecule has 0 aliphatic heterocycles. The number of nitrogens with zero attached hydrogens (tertiary/aromatic N) is 1. The molecule has 1 fully saturated rings. The Hall–Kier alpha value is -0.570. The molecule has 0 spiro atoms. The van der Waals surface area contributed by atoms with E-state index < -0.39 is 0 Å². The highest BCUT2D eigenvalue weighted by Gasteiger charge is 2.25. The molecular weight excluding hydrogens is 264 g/mol. The van der Waals surface area contributed by atoms with E-state index in [0.29, 0.717) is 6.04 Å². The molecule has 0 aromatic carbocycles. The third-order valence-electron chi connectivity index (χ3n) is 3.54. The number of anilines is 1. The van der Waals surface area contributed by atoms with Gasteiger partial charge < -0.3 is 5.32 Å². The van der Waals surface area contributed by atoms with Crippen LogP contribution in [-0.4, -0.2) is 11.0 Å². The minimum Gasteiger partial charge on any atom is -0.381 e. The monoisotopic (exact) mass is 282 g/mol. The Morgan fingerprint density at radius 1 is 1.38 bits per heavy atom. The molecule has 1 aromatic rings. The zero-order valence-corrected chi connectivity index (χ0v) is 11.5. The standard InChI is InChI=1S/C13H19BrN2/c1-9-3-4-12(10(2)7-9)16-13-5-6-15-8-11(13)14/h5-6,8-10,12H,3-4,7H2,1-2H3,(H,15,16). The van der Waals surface area contributed by atoms with Crippen LogP contribution in [-0.2, 0) is 0 Å². The lowest BCUT2D eigenvalue weighted by molar-refractivity contribution is 0.276. The Balaban J connectivity index is 2.02. The second-order valence-electron chi connectivity index (χ2n) is 5.00. The molecule has 88 valence electrons. The van der Waals surface area contributed by atoms with Gasteiger partial charge in [-0.1, -0.05) is 13.8 Å². The molecular formula is C13H19BrN2. The number of halogens is 1. The highest BCUT2D eigenvalue weighted by molar-refractivity contribution is 9.10. The minimum absolute atomic E-state index is 0.606. The molecule has 1 aliphatic rings. The SMILES string of the molecule is CC1CCC(Nc2ccncc2Br)C(C)C1. The first-order chi connectivity index (χ1) is 7.66. The zero-order chi connectivity index (χ0) is 11.5. The molecule has 0 bridgehead atoms. The Labute approximate surface area is 106 Å². The van der Waals surface area contributed by atoms with Crippen LogP contribution in [0, 0.1) is 11.8 Å². The van der Waals surface area contributed by atoms with E-state index in [9.17, 15) is 0 Å². The summed E-state index contributed by atoms with van der Waals surface area (Å²) in [5, 5.41) is 3.63. The zero-order valence-electron chi connectivity index (χ0n) is 9.91. The average molecular weight is 283 g/mol. The minimum atomic E-state index is 0.606. The molecule has 2 rings (SSSR count). The van der Waals surface area contributed by atoms with Gasteiger partial charge in [0.1, 0.15) is 0 Å². The molecule has 1 N–H and O–H groups in total. The summed E-state index contributed by atoms with van der Waals surface area (Å²) in [6, 6.07) is 2.64. The van der Waals surface area contributed by atoms with Gasteiger partial charge in [0.25, 0.3) is 0 Å². The van der Waals surface area contributed by atoms with Gasteiger partial charge in [-0.15, -0.1) is 0 Å². The van der Waals surface area contributed by atoms with Gasteiger partial charge in [-0.2, -0.15) is 0 Å². The maximum absolute atomic E-state index is 4.08. The highest BCUT2D eigenvalue weighted by Crippen LogP contribution is 2.32. The third kappa shape index (κ3) is 2.76. The normalized spacial score (nSPS) is 30.1. The van der Waals surface area contributed by atoms with Crippen LogP contribution in [0.1, 0.15) is 33.1 Å². The quantitative estimate of drug-likeness (QED) is 0.884. The van der Waals surface area contributed by atoms with Crippen molar-refractivity contribution in [2.45, 2.75) is 39.2 Å². The molecule has 1 heterocycles. The van der Waals surface area contributed by atoms with Crippen LogP contribution in [0.3, 0.4) is 0 Å². The van der Waals surface area contributed by atoms with Crippen molar-refractivity contribution in [2.75, 3.05) is 5.32 Å². The van der Waals surface area contributed by atoms with Crippen molar-refractivity contribution >= 4 is 21.6 Å². The predicted octanol–water partition coefficient (Wildman–Crippen LogP) is 4.08. The van der Waals surface area contributed by atoms with Crippen LogP contribution < -0.4 is 5.32 Å². The number of aromatic nitrogens is 1. The highest BCUT2D eigenvalue weighted by atomic mass is 79.9. The molecule has 0 radical (unpaired) electrons. The van der Waals surface area contributed by atoms with Crippen molar-refractivity contribution in [1.82, 2.24) is 4.98 Å². The van der Waals surface area contributed by atoms with E-state index in [-0.39, 0.29) is 0 Å². The Bertz CT molecular complexity index is 354. The topological polar surface area (TPSA) is 24.9 Å². The van der Waals surface area contributed by atoms with E-state index in [1.807, 2.05) is 18.5 Å². The fourth-order valence-corrected chi connectivity index (χ4v) is 2.94. The first-order valence-electron chi connectivity index (χ1n) is 6.03. The van der Waals surface area contributed by atoms with Crippen LogP contribution in [0.4, 0.5) is 5.69 Å². The van der Waals surface area contributed by atoms with E-state index in [0.717, 1.165) is 16.3 Å². The lowest BCUT2D eigenvalue weighted by Crippen LogP contribution is -2.33. The summed E-state index contributed by atoms with van der Waals surface area (Å²) in [4.78, 5) is 4.08. The number of rotatable bonds is 2. The van der Waals surface area contributed by atoms with Crippen LogP contribution >= 0.6 is 15.9 Å². The van der Waals surface area contributed by atoms with Crippen molar-refractivity contribution in [2.24, 2.45) is 11.8 Å². The molecule has 1 aromatic heterocycles. The summed E-state index contributed by atoms with van der Waals surface area (Å²) in [6.45, 7) is 4.71. The molecule has 1 aliphatic carbocycles. The molecule has 0 saturated heterocycles. The average Bonchev–Trinajstić information content (AvgIpc) is 2.25. The van der Waals surface area contributed by atoms with E-state index in [1.165, 1.54) is 24.9 Å². The Kier molecular flexibility index (Phi) is 3.85. The first-order valence-corrected chi connectivity index (χ1v) is 6.82. The number of hydrogen-bond donors (Lipinski definition) is 1. The van der Waals surface area contributed by atoms with Gasteiger partial charge >= 0.3 is 0 Å². The second-order valence-corrected chi connectivity index (χ2v) is 5.86. The van der Waals surface area contributed by atoms with Crippen LogP contribution in [0.5, 0.6) is 0 Å². The number of hydrogen-bond acceptors (Lipinski definition) is 2. The van der Waals surface area contributed by atoms with Gasteiger partial charge in [0.05, 0.1) is 10.2 Å². The lowest BCUT2D eigenvalue weighted by atomic mass is 9.80. The van der Waals surface area contributed by atoms with Crippen LogP contribution in [0.15, 0.2) is 22.9 Å². The van der Waals surface area contributed by atoms with Crippen LogP contribution in [0.2, 0.25) is 0 Å². The van der Waals surface area contributed by atoms with Crippen molar-refractivity contribution in [1.29, 1.82) is 0 Å². The molecule has 3 unspecified atom stereocenters. The van der Waals surface area contributed by atoms with Gasteiger partial charge in [-0.25, -0.2) is 0 Å². The van der Waals surface area contributed by atoms with Gasteiger partial charge in [-0.3, -0.25) is 4.98 Å². The maximum Gasteiger partial charge on any atom is 0.0590 e. The van der Waals surface area contributed by atoms with Gasteiger partial charge in [0, 0.05) is 18.4 Å². The predicted molar refractivity (Wildman–Crippen MR) is 71.5 cm³/mol. The molecule has 16 heavy (non-hydrogen) atoms. The Morgan fingerprint density at radius 2 is 2.19 bits per heavy atom. The summed E-state index contributed by atoms with van der Waals surface area (Å²) in [5.41, 5.74) is 1.17.